The third kappa shape index (κ3) is 4.01. The van der Waals surface area contributed by atoms with Crippen molar-refractivity contribution in [1.82, 2.24) is 5.32 Å². The van der Waals surface area contributed by atoms with Gasteiger partial charge in [-0.2, -0.15) is 13.2 Å². The van der Waals surface area contributed by atoms with Gasteiger partial charge in [0.1, 0.15) is 0 Å². The standard InChI is InChI=1S/C24H22F3NOS/c1-15-20(14-17-8-10-19(11-9-17)24(25,26)27)21(16(2)30-15)22(29)28-23(12-13-23)18-6-4-3-5-7-18/h3-11H,12-14H2,1-2H3,(H,28,29). The zero-order valence-electron chi connectivity index (χ0n) is 16.8. The van der Waals surface area contributed by atoms with E-state index in [2.05, 4.69) is 5.32 Å². The van der Waals surface area contributed by atoms with Crippen LogP contribution in [0, 0.1) is 13.8 Å². The Balaban J connectivity index is 1.59. The van der Waals surface area contributed by atoms with Gasteiger partial charge >= 0.3 is 6.18 Å². The van der Waals surface area contributed by atoms with Gasteiger partial charge in [0.15, 0.2) is 0 Å². The lowest BCUT2D eigenvalue weighted by Gasteiger charge is -2.19. The van der Waals surface area contributed by atoms with Gasteiger partial charge in [-0.3, -0.25) is 4.79 Å². The molecule has 0 bridgehead atoms. The van der Waals surface area contributed by atoms with Crippen molar-refractivity contribution in [3.05, 3.63) is 92.2 Å². The molecule has 0 saturated heterocycles. The Labute approximate surface area is 177 Å². The quantitative estimate of drug-likeness (QED) is 0.500. The number of rotatable bonds is 5. The molecule has 4 rings (SSSR count). The fraction of sp³-hybridized carbons (Fsp3) is 0.292. The molecule has 0 aliphatic heterocycles. The molecule has 6 heteroatoms. The molecule has 0 spiro atoms. The minimum Gasteiger partial charge on any atom is -0.342 e. The number of hydrogen-bond acceptors (Lipinski definition) is 2. The van der Waals surface area contributed by atoms with E-state index in [-0.39, 0.29) is 11.4 Å². The highest BCUT2D eigenvalue weighted by Crippen LogP contribution is 2.46. The molecule has 1 aliphatic carbocycles. The first kappa shape index (κ1) is 20.7. The second-order valence-electron chi connectivity index (χ2n) is 7.84. The summed E-state index contributed by atoms with van der Waals surface area (Å²) in [7, 11) is 0. The van der Waals surface area contributed by atoms with E-state index in [0.717, 1.165) is 51.4 Å². The van der Waals surface area contributed by atoms with Crippen molar-refractivity contribution in [3.8, 4) is 0 Å². The normalized spacial score (nSPS) is 15.1. The zero-order valence-corrected chi connectivity index (χ0v) is 17.6. The fourth-order valence-corrected chi connectivity index (χ4v) is 4.98. The lowest BCUT2D eigenvalue weighted by Crippen LogP contribution is -2.35. The molecule has 0 radical (unpaired) electrons. The van der Waals surface area contributed by atoms with Crippen LogP contribution >= 0.6 is 11.3 Å². The van der Waals surface area contributed by atoms with Crippen LogP contribution in [0.3, 0.4) is 0 Å². The number of aryl methyl sites for hydroxylation is 2. The summed E-state index contributed by atoms with van der Waals surface area (Å²) in [6, 6.07) is 15.1. The number of thiophene rings is 1. The highest BCUT2D eigenvalue weighted by atomic mass is 32.1. The lowest BCUT2D eigenvalue weighted by molar-refractivity contribution is -0.137. The maximum absolute atomic E-state index is 13.3. The first-order chi connectivity index (χ1) is 14.2. The van der Waals surface area contributed by atoms with Crippen LogP contribution in [0.1, 0.15) is 55.2 Å². The van der Waals surface area contributed by atoms with Gasteiger partial charge in [0.2, 0.25) is 0 Å². The Bertz CT molecular complexity index is 1060. The van der Waals surface area contributed by atoms with Crippen LogP contribution in [-0.4, -0.2) is 5.91 Å². The maximum atomic E-state index is 13.3. The second kappa shape index (κ2) is 7.58. The van der Waals surface area contributed by atoms with E-state index >= 15 is 0 Å². The molecule has 156 valence electrons. The van der Waals surface area contributed by atoms with Crippen LogP contribution in [0.25, 0.3) is 0 Å². The van der Waals surface area contributed by atoms with Gasteiger partial charge < -0.3 is 5.32 Å². The Kier molecular flexibility index (Phi) is 5.22. The van der Waals surface area contributed by atoms with Crippen molar-refractivity contribution in [2.24, 2.45) is 0 Å². The van der Waals surface area contributed by atoms with E-state index in [0.29, 0.717) is 12.0 Å². The van der Waals surface area contributed by atoms with E-state index in [1.165, 1.54) is 12.1 Å². The molecule has 1 amide bonds. The summed E-state index contributed by atoms with van der Waals surface area (Å²) in [6.07, 6.45) is -2.12. The number of amides is 1. The Hall–Kier alpha value is -2.60. The summed E-state index contributed by atoms with van der Waals surface area (Å²) < 4.78 is 38.5. The zero-order chi connectivity index (χ0) is 21.5. The largest absolute Gasteiger partial charge is 0.416 e. The minimum atomic E-state index is -4.35. The van der Waals surface area contributed by atoms with Crippen LogP contribution in [0.15, 0.2) is 54.6 Å². The van der Waals surface area contributed by atoms with Gasteiger partial charge in [0.25, 0.3) is 5.91 Å². The van der Waals surface area contributed by atoms with Crippen LogP contribution in [0.4, 0.5) is 13.2 Å². The molecule has 1 saturated carbocycles. The van der Waals surface area contributed by atoms with Gasteiger partial charge in [0, 0.05) is 9.75 Å². The molecular formula is C24H22F3NOS. The third-order valence-electron chi connectivity index (χ3n) is 5.70. The predicted octanol–water partition coefficient (Wildman–Crippen LogP) is 6.39. The smallest absolute Gasteiger partial charge is 0.342 e. The van der Waals surface area contributed by atoms with Crippen molar-refractivity contribution in [2.75, 3.05) is 0 Å². The number of halogens is 3. The summed E-state index contributed by atoms with van der Waals surface area (Å²) in [5.41, 5.74) is 2.42. The van der Waals surface area contributed by atoms with Crippen LogP contribution in [0.5, 0.6) is 0 Å². The van der Waals surface area contributed by atoms with Gasteiger partial charge in [-0.15, -0.1) is 11.3 Å². The van der Waals surface area contributed by atoms with Crippen molar-refractivity contribution >= 4 is 17.2 Å². The van der Waals surface area contributed by atoms with Gasteiger partial charge in [-0.1, -0.05) is 42.5 Å². The van der Waals surface area contributed by atoms with E-state index in [1.807, 2.05) is 44.2 Å². The summed E-state index contributed by atoms with van der Waals surface area (Å²) in [4.78, 5) is 15.2. The fourth-order valence-electron chi connectivity index (χ4n) is 3.90. The lowest BCUT2D eigenvalue weighted by atomic mass is 9.98. The predicted molar refractivity (Wildman–Crippen MR) is 113 cm³/mol. The molecule has 2 aromatic carbocycles. The number of nitrogens with one attached hydrogen (secondary N) is 1. The van der Waals surface area contributed by atoms with E-state index in [9.17, 15) is 18.0 Å². The molecule has 2 nitrogen and oxygen atoms in total. The maximum Gasteiger partial charge on any atom is 0.416 e. The van der Waals surface area contributed by atoms with E-state index < -0.39 is 11.7 Å². The molecule has 1 aliphatic rings. The molecule has 1 aromatic heterocycles. The minimum absolute atomic E-state index is 0.111. The molecule has 1 fully saturated rings. The first-order valence-electron chi connectivity index (χ1n) is 9.83. The Morgan fingerprint density at radius 2 is 1.63 bits per heavy atom. The van der Waals surface area contributed by atoms with Crippen LogP contribution in [-0.2, 0) is 18.1 Å². The monoisotopic (exact) mass is 429 g/mol. The summed E-state index contributed by atoms with van der Waals surface area (Å²) in [6.45, 7) is 3.88. The highest BCUT2D eigenvalue weighted by molar-refractivity contribution is 7.12. The molecule has 1 heterocycles. The Morgan fingerprint density at radius 3 is 2.20 bits per heavy atom. The number of alkyl halides is 3. The van der Waals surface area contributed by atoms with E-state index in [4.69, 9.17) is 0 Å². The number of hydrogen-bond donors (Lipinski definition) is 1. The average Bonchev–Trinajstić information content (AvgIpc) is 3.42. The number of carbonyl (C=O) groups is 1. The van der Waals surface area contributed by atoms with Crippen LogP contribution < -0.4 is 5.32 Å². The number of benzene rings is 2. The highest BCUT2D eigenvalue weighted by Gasteiger charge is 2.46. The Morgan fingerprint density at radius 1 is 1.00 bits per heavy atom. The van der Waals surface area contributed by atoms with Crippen molar-refractivity contribution in [3.63, 3.8) is 0 Å². The van der Waals surface area contributed by atoms with Crippen molar-refractivity contribution < 1.29 is 18.0 Å². The van der Waals surface area contributed by atoms with Crippen molar-refractivity contribution in [2.45, 2.75) is 44.8 Å². The summed E-state index contributed by atoms with van der Waals surface area (Å²) in [5.74, 6) is -0.111. The van der Waals surface area contributed by atoms with E-state index in [1.54, 1.807) is 11.3 Å². The van der Waals surface area contributed by atoms with Gasteiger partial charge in [0.05, 0.1) is 16.7 Å². The molecule has 1 N–H and O–H groups in total. The van der Waals surface area contributed by atoms with Gasteiger partial charge in [-0.05, 0) is 61.9 Å². The number of carbonyl (C=O) groups excluding carboxylic acids is 1. The third-order valence-corrected chi connectivity index (χ3v) is 6.77. The van der Waals surface area contributed by atoms with Gasteiger partial charge in [-0.25, -0.2) is 0 Å². The molecule has 30 heavy (non-hydrogen) atoms. The molecule has 3 aromatic rings. The topological polar surface area (TPSA) is 29.1 Å². The van der Waals surface area contributed by atoms with Crippen molar-refractivity contribution in [1.29, 1.82) is 0 Å². The molecule has 0 unspecified atom stereocenters. The summed E-state index contributed by atoms with van der Waals surface area (Å²) >= 11 is 1.55. The SMILES string of the molecule is Cc1sc(C)c(C(=O)NC2(c3ccccc3)CC2)c1Cc1ccc(C(F)(F)F)cc1. The van der Waals surface area contributed by atoms with Crippen LogP contribution in [0.2, 0.25) is 0 Å². The molecular weight excluding hydrogens is 407 g/mol. The average molecular weight is 430 g/mol. The molecule has 0 atom stereocenters. The summed E-state index contributed by atoms with van der Waals surface area (Å²) in [5, 5.41) is 3.23. The second-order valence-corrected chi connectivity index (χ2v) is 9.27. The first-order valence-corrected chi connectivity index (χ1v) is 10.6.